The number of hydrogen-bond acceptors (Lipinski definition) is 3. The average molecular weight is 279 g/mol. The van der Waals surface area contributed by atoms with Crippen molar-refractivity contribution in [2.24, 2.45) is 0 Å². The molecule has 1 aromatic rings. The van der Waals surface area contributed by atoms with Crippen LogP contribution in [0.25, 0.3) is 0 Å². The van der Waals surface area contributed by atoms with Crippen LogP contribution in [0.4, 0.5) is 4.39 Å². The summed E-state index contributed by atoms with van der Waals surface area (Å²) in [4.78, 5) is 13.9. The average Bonchev–Trinajstić information content (AvgIpc) is 2.41. The number of benzene rings is 1. The second-order valence-corrected chi connectivity index (χ2v) is 5.64. The van der Waals surface area contributed by atoms with E-state index in [2.05, 4.69) is 0 Å². The molecule has 0 heterocycles. The molecule has 0 amide bonds. The molecule has 2 rings (SSSR count). The van der Waals surface area contributed by atoms with Gasteiger partial charge in [0.05, 0.1) is 12.6 Å². The molecule has 3 nitrogen and oxygen atoms in total. The number of likely N-dealkylation sites (N-methyl/N-ethyl adjacent to an activating group) is 1. The molecule has 4 heteroatoms. The lowest BCUT2D eigenvalue weighted by Gasteiger charge is -2.34. The summed E-state index contributed by atoms with van der Waals surface area (Å²) in [6.45, 7) is 0.260. The molecule has 0 saturated heterocycles. The molecule has 2 atom stereocenters. The molecular weight excluding hydrogens is 257 g/mol. The van der Waals surface area contributed by atoms with Crippen molar-refractivity contribution in [3.8, 4) is 0 Å². The highest BCUT2D eigenvalue weighted by molar-refractivity contribution is 5.82. The number of halogens is 1. The number of carbonyl (C=O) groups is 1. The standard InChI is InChI=1S/C16H22FNO2/c1-18(15-8-4-5-9-16(15)20)11-13(19)10-12-6-2-3-7-14(12)17/h2-3,6-7,15-16,20H,4-5,8-11H2,1H3. The Hall–Kier alpha value is -1.26. The van der Waals surface area contributed by atoms with Gasteiger partial charge >= 0.3 is 0 Å². The van der Waals surface area contributed by atoms with Crippen molar-refractivity contribution in [2.45, 2.75) is 44.2 Å². The van der Waals surface area contributed by atoms with E-state index < -0.39 is 0 Å². The molecule has 0 bridgehead atoms. The lowest BCUT2D eigenvalue weighted by Crippen LogP contribution is -2.45. The van der Waals surface area contributed by atoms with Gasteiger partial charge in [-0.05, 0) is 31.5 Å². The van der Waals surface area contributed by atoms with Crippen molar-refractivity contribution < 1.29 is 14.3 Å². The number of aliphatic hydroxyl groups excluding tert-OH is 1. The van der Waals surface area contributed by atoms with Crippen LogP contribution in [0.2, 0.25) is 0 Å². The summed E-state index contributed by atoms with van der Waals surface area (Å²) < 4.78 is 13.5. The minimum absolute atomic E-state index is 0.0182. The Bertz CT molecular complexity index is 464. The van der Waals surface area contributed by atoms with Crippen LogP contribution in [0.1, 0.15) is 31.2 Å². The monoisotopic (exact) mass is 279 g/mol. The molecule has 2 unspecified atom stereocenters. The van der Waals surface area contributed by atoms with E-state index in [1.165, 1.54) is 6.07 Å². The number of carbonyl (C=O) groups excluding carboxylic acids is 1. The number of ketones is 1. The number of aliphatic hydroxyl groups is 1. The van der Waals surface area contributed by atoms with Gasteiger partial charge in [-0.3, -0.25) is 9.69 Å². The molecule has 1 N–H and O–H groups in total. The maximum atomic E-state index is 13.5. The first-order valence-corrected chi connectivity index (χ1v) is 7.21. The summed E-state index contributed by atoms with van der Waals surface area (Å²) in [5, 5.41) is 9.97. The molecule has 110 valence electrons. The summed E-state index contributed by atoms with van der Waals surface area (Å²) in [6, 6.07) is 6.42. The molecule has 0 spiro atoms. The SMILES string of the molecule is CN(CC(=O)Cc1ccccc1F)C1CCCCC1O. The predicted octanol–water partition coefficient (Wildman–Crippen LogP) is 2.17. The van der Waals surface area contributed by atoms with E-state index in [1.54, 1.807) is 18.2 Å². The van der Waals surface area contributed by atoms with E-state index >= 15 is 0 Å². The van der Waals surface area contributed by atoms with Crippen LogP contribution < -0.4 is 0 Å². The van der Waals surface area contributed by atoms with E-state index in [4.69, 9.17) is 0 Å². The molecular formula is C16H22FNO2. The highest BCUT2D eigenvalue weighted by Gasteiger charge is 2.27. The zero-order chi connectivity index (χ0) is 14.5. The third kappa shape index (κ3) is 3.87. The molecule has 1 aliphatic rings. The second-order valence-electron chi connectivity index (χ2n) is 5.64. The van der Waals surface area contributed by atoms with Crippen molar-refractivity contribution in [1.29, 1.82) is 0 Å². The topological polar surface area (TPSA) is 40.5 Å². The Morgan fingerprint density at radius 1 is 1.35 bits per heavy atom. The van der Waals surface area contributed by atoms with Gasteiger partial charge in [-0.2, -0.15) is 0 Å². The van der Waals surface area contributed by atoms with E-state index in [1.807, 2.05) is 11.9 Å². The molecule has 0 aliphatic heterocycles. The summed E-state index contributed by atoms with van der Waals surface area (Å²) in [7, 11) is 1.86. The van der Waals surface area contributed by atoms with Crippen LogP contribution in [-0.2, 0) is 11.2 Å². The van der Waals surface area contributed by atoms with Crippen LogP contribution in [0.3, 0.4) is 0 Å². The molecule has 1 fully saturated rings. The summed E-state index contributed by atoms with van der Waals surface area (Å²) in [5.41, 5.74) is 0.440. The normalized spacial score (nSPS) is 23.0. The zero-order valence-corrected chi connectivity index (χ0v) is 11.9. The molecule has 1 saturated carbocycles. The number of rotatable bonds is 5. The Morgan fingerprint density at radius 3 is 2.75 bits per heavy atom. The van der Waals surface area contributed by atoms with Crippen LogP contribution in [0, 0.1) is 5.82 Å². The maximum Gasteiger partial charge on any atom is 0.151 e. The zero-order valence-electron chi connectivity index (χ0n) is 11.9. The lowest BCUT2D eigenvalue weighted by atomic mass is 9.91. The van der Waals surface area contributed by atoms with Crippen LogP contribution >= 0.6 is 0 Å². The fourth-order valence-corrected chi connectivity index (χ4v) is 2.91. The molecule has 1 aromatic carbocycles. The van der Waals surface area contributed by atoms with Crippen molar-refractivity contribution >= 4 is 5.78 Å². The van der Waals surface area contributed by atoms with Gasteiger partial charge in [0, 0.05) is 12.5 Å². The first-order chi connectivity index (χ1) is 9.58. The number of Topliss-reactive ketones (excluding diaryl/α,β-unsaturated/α-hetero) is 1. The van der Waals surface area contributed by atoms with Crippen LogP contribution in [0.5, 0.6) is 0 Å². The first-order valence-electron chi connectivity index (χ1n) is 7.21. The molecule has 20 heavy (non-hydrogen) atoms. The Kier molecular flexibility index (Phi) is 5.26. The Balaban J connectivity index is 1.89. The summed E-state index contributed by atoms with van der Waals surface area (Å²) in [6.07, 6.45) is 3.62. The number of hydrogen-bond donors (Lipinski definition) is 1. The lowest BCUT2D eigenvalue weighted by molar-refractivity contribution is -0.120. The summed E-state index contributed by atoms with van der Waals surface area (Å²) in [5.74, 6) is -0.350. The second kappa shape index (κ2) is 6.95. The first kappa shape index (κ1) is 15.1. The third-order valence-corrected chi connectivity index (χ3v) is 4.03. The van der Waals surface area contributed by atoms with Gasteiger partial charge in [-0.1, -0.05) is 31.0 Å². The number of nitrogens with zero attached hydrogens (tertiary/aromatic N) is 1. The minimum atomic E-state index is -0.352. The fourth-order valence-electron chi connectivity index (χ4n) is 2.91. The van der Waals surface area contributed by atoms with Gasteiger partial charge in [0.1, 0.15) is 5.82 Å². The largest absolute Gasteiger partial charge is 0.391 e. The highest BCUT2D eigenvalue weighted by atomic mass is 19.1. The van der Waals surface area contributed by atoms with Gasteiger partial charge in [-0.25, -0.2) is 4.39 Å². The van der Waals surface area contributed by atoms with Crippen molar-refractivity contribution in [1.82, 2.24) is 4.90 Å². The van der Waals surface area contributed by atoms with Gasteiger partial charge in [0.25, 0.3) is 0 Å². The van der Waals surface area contributed by atoms with Gasteiger partial charge < -0.3 is 5.11 Å². The van der Waals surface area contributed by atoms with Crippen molar-refractivity contribution in [2.75, 3.05) is 13.6 Å². The van der Waals surface area contributed by atoms with Gasteiger partial charge in [-0.15, -0.1) is 0 Å². The van der Waals surface area contributed by atoms with Crippen molar-refractivity contribution in [3.05, 3.63) is 35.6 Å². The van der Waals surface area contributed by atoms with Crippen LogP contribution in [0.15, 0.2) is 24.3 Å². The van der Waals surface area contributed by atoms with E-state index in [0.717, 1.165) is 25.7 Å². The highest BCUT2D eigenvalue weighted by Crippen LogP contribution is 2.22. The predicted molar refractivity (Wildman–Crippen MR) is 76.0 cm³/mol. The maximum absolute atomic E-state index is 13.5. The quantitative estimate of drug-likeness (QED) is 0.898. The fraction of sp³-hybridized carbons (Fsp3) is 0.562. The third-order valence-electron chi connectivity index (χ3n) is 4.03. The summed E-state index contributed by atoms with van der Waals surface area (Å²) >= 11 is 0. The molecule has 0 radical (unpaired) electrons. The molecule has 0 aromatic heterocycles. The minimum Gasteiger partial charge on any atom is -0.391 e. The van der Waals surface area contributed by atoms with E-state index in [0.29, 0.717) is 5.56 Å². The smallest absolute Gasteiger partial charge is 0.151 e. The van der Waals surface area contributed by atoms with Gasteiger partial charge in [0.2, 0.25) is 0 Å². The Labute approximate surface area is 119 Å². The molecule has 1 aliphatic carbocycles. The van der Waals surface area contributed by atoms with E-state index in [-0.39, 0.29) is 36.7 Å². The van der Waals surface area contributed by atoms with E-state index in [9.17, 15) is 14.3 Å². The van der Waals surface area contributed by atoms with Crippen molar-refractivity contribution in [3.63, 3.8) is 0 Å². The van der Waals surface area contributed by atoms with Crippen LogP contribution in [-0.4, -0.2) is 41.5 Å². The Morgan fingerprint density at radius 2 is 2.05 bits per heavy atom. The van der Waals surface area contributed by atoms with Gasteiger partial charge in [0.15, 0.2) is 5.78 Å².